The first kappa shape index (κ1) is 20.5. The SMILES string of the molecule is Cc1cc(C(=O)CNCCOCc2ccccc2)c(C)n1-c1ccc(C#N)cc1. The number of benzene rings is 2. The zero-order chi connectivity index (χ0) is 20.6. The number of ether oxygens (including phenoxy) is 1. The van der Waals surface area contributed by atoms with Gasteiger partial charge in [0.2, 0.25) is 0 Å². The number of nitriles is 1. The quantitative estimate of drug-likeness (QED) is 0.446. The highest BCUT2D eigenvalue weighted by Gasteiger charge is 2.16. The zero-order valence-corrected chi connectivity index (χ0v) is 16.8. The Morgan fingerprint density at radius 2 is 1.83 bits per heavy atom. The third kappa shape index (κ3) is 5.20. The van der Waals surface area contributed by atoms with Crippen LogP contribution in [-0.4, -0.2) is 30.0 Å². The van der Waals surface area contributed by atoms with Gasteiger partial charge in [-0.1, -0.05) is 30.3 Å². The van der Waals surface area contributed by atoms with Gasteiger partial charge in [-0.2, -0.15) is 5.26 Å². The molecule has 3 rings (SSSR count). The molecule has 0 aliphatic heterocycles. The van der Waals surface area contributed by atoms with Crippen LogP contribution in [0.1, 0.15) is 32.9 Å². The topological polar surface area (TPSA) is 67.0 Å². The Labute approximate surface area is 171 Å². The van der Waals surface area contributed by atoms with Crippen molar-refractivity contribution in [2.75, 3.05) is 19.7 Å². The monoisotopic (exact) mass is 387 g/mol. The van der Waals surface area contributed by atoms with E-state index in [-0.39, 0.29) is 12.3 Å². The van der Waals surface area contributed by atoms with Crippen molar-refractivity contribution < 1.29 is 9.53 Å². The average molecular weight is 387 g/mol. The van der Waals surface area contributed by atoms with Crippen LogP contribution < -0.4 is 5.32 Å². The van der Waals surface area contributed by atoms with Gasteiger partial charge in [0.15, 0.2) is 5.78 Å². The molecule has 1 aromatic heterocycles. The van der Waals surface area contributed by atoms with Gasteiger partial charge in [-0.25, -0.2) is 0 Å². The summed E-state index contributed by atoms with van der Waals surface area (Å²) < 4.78 is 7.67. The first-order chi connectivity index (χ1) is 14.1. The van der Waals surface area contributed by atoms with E-state index in [4.69, 9.17) is 10.00 Å². The van der Waals surface area contributed by atoms with E-state index in [1.54, 1.807) is 12.1 Å². The molecule has 148 valence electrons. The van der Waals surface area contributed by atoms with Crippen LogP contribution in [0.15, 0.2) is 60.7 Å². The van der Waals surface area contributed by atoms with E-state index in [9.17, 15) is 4.79 Å². The average Bonchev–Trinajstić information content (AvgIpc) is 3.05. The lowest BCUT2D eigenvalue weighted by Crippen LogP contribution is -2.26. The van der Waals surface area contributed by atoms with Crippen LogP contribution in [0.5, 0.6) is 0 Å². The first-order valence-corrected chi connectivity index (χ1v) is 9.65. The summed E-state index contributed by atoms with van der Waals surface area (Å²) in [5.41, 5.74) is 5.30. The Morgan fingerprint density at radius 1 is 1.10 bits per heavy atom. The molecule has 0 aliphatic carbocycles. The molecule has 1 N–H and O–H groups in total. The molecular formula is C24H25N3O2. The highest BCUT2D eigenvalue weighted by atomic mass is 16.5. The van der Waals surface area contributed by atoms with Crippen molar-refractivity contribution in [3.8, 4) is 11.8 Å². The van der Waals surface area contributed by atoms with Gasteiger partial charge in [0.25, 0.3) is 0 Å². The van der Waals surface area contributed by atoms with E-state index in [0.29, 0.717) is 30.9 Å². The predicted molar refractivity (Wildman–Crippen MR) is 113 cm³/mol. The number of ketones is 1. The minimum absolute atomic E-state index is 0.0565. The van der Waals surface area contributed by atoms with Gasteiger partial charge >= 0.3 is 0 Å². The summed E-state index contributed by atoms with van der Waals surface area (Å²) in [5, 5.41) is 12.1. The third-order valence-corrected chi connectivity index (χ3v) is 4.81. The molecular weight excluding hydrogens is 362 g/mol. The smallest absolute Gasteiger partial charge is 0.178 e. The molecule has 0 saturated heterocycles. The Kier molecular flexibility index (Phi) is 6.96. The van der Waals surface area contributed by atoms with Gasteiger partial charge in [-0.3, -0.25) is 4.79 Å². The number of aryl methyl sites for hydroxylation is 1. The number of nitrogens with zero attached hydrogens (tertiary/aromatic N) is 2. The second-order valence-electron chi connectivity index (χ2n) is 6.92. The van der Waals surface area contributed by atoms with Crippen molar-refractivity contribution in [1.82, 2.24) is 9.88 Å². The van der Waals surface area contributed by atoms with Crippen LogP contribution in [0.4, 0.5) is 0 Å². The molecule has 0 atom stereocenters. The molecule has 0 saturated carbocycles. The number of aromatic nitrogens is 1. The molecule has 5 heteroatoms. The maximum absolute atomic E-state index is 12.7. The summed E-state index contributed by atoms with van der Waals surface area (Å²) in [4.78, 5) is 12.7. The number of hydrogen-bond acceptors (Lipinski definition) is 4. The number of carbonyl (C=O) groups excluding carboxylic acids is 1. The van der Waals surface area contributed by atoms with Crippen LogP contribution >= 0.6 is 0 Å². The fraction of sp³-hybridized carbons (Fsp3) is 0.250. The summed E-state index contributed by atoms with van der Waals surface area (Å²) >= 11 is 0. The second-order valence-corrected chi connectivity index (χ2v) is 6.92. The lowest BCUT2D eigenvalue weighted by molar-refractivity contribution is 0.0975. The van der Waals surface area contributed by atoms with E-state index in [1.807, 2.05) is 66.9 Å². The molecule has 0 radical (unpaired) electrons. The van der Waals surface area contributed by atoms with Crippen molar-refractivity contribution >= 4 is 5.78 Å². The minimum atomic E-state index is 0.0565. The molecule has 3 aromatic rings. The zero-order valence-electron chi connectivity index (χ0n) is 16.8. The maximum Gasteiger partial charge on any atom is 0.178 e. The standard InChI is InChI=1S/C24H25N3O2/c1-18-14-23(19(2)27(18)22-10-8-20(15-25)9-11-22)24(28)16-26-12-13-29-17-21-6-4-3-5-7-21/h3-11,14,26H,12-13,16-17H2,1-2H3. The largest absolute Gasteiger partial charge is 0.375 e. The lowest BCUT2D eigenvalue weighted by Gasteiger charge is -2.10. The van der Waals surface area contributed by atoms with E-state index in [0.717, 1.165) is 22.6 Å². The van der Waals surface area contributed by atoms with Crippen LogP contribution in [0.2, 0.25) is 0 Å². The predicted octanol–water partition coefficient (Wildman–Crippen LogP) is 3.95. The molecule has 0 bridgehead atoms. The molecule has 0 spiro atoms. The summed E-state index contributed by atoms with van der Waals surface area (Å²) in [6.45, 7) is 5.93. The minimum Gasteiger partial charge on any atom is -0.375 e. The van der Waals surface area contributed by atoms with Crippen LogP contribution in [0.25, 0.3) is 5.69 Å². The van der Waals surface area contributed by atoms with Gasteiger partial charge in [-0.05, 0) is 49.7 Å². The van der Waals surface area contributed by atoms with Gasteiger partial charge in [0.1, 0.15) is 0 Å². The van der Waals surface area contributed by atoms with Crippen molar-refractivity contribution in [2.45, 2.75) is 20.5 Å². The molecule has 29 heavy (non-hydrogen) atoms. The Morgan fingerprint density at radius 3 is 2.52 bits per heavy atom. The summed E-state index contributed by atoms with van der Waals surface area (Å²) in [6.07, 6.45) is 0. The molecule has 2 aromatic carbocycles. The Hall–Kier alpha value is -3.20. The first-order valence-electron chi connectivity index (χ1n) is 9.65. The van der Waals surface area contributed by atoms with Gasteiger partial charge < -0.3 is 14.6 Å². The Bertz CT molecular complexity index is 999. The molecule has 1 heterocycles. The Balaban J connectivity index is 1.52. The summed E-state index contributed by atoms with van der Waals surface area (Å²) in [5.74, 6) is 0.0565. The number of Topliss-reactive ketones (excluding diaryl/α,β-unsaturated/α-hetero) is 1. The molecule has 0 aliphatic rings. The molecule has 0 unspecified atom stereocenters. The van der Waals surface area contributed by atoms with Crippen LogP contribution in [0.3, 0.4) is 0 Å². The van der Waals surface area contributed by atoms with E-state index >= 15 is 0 Å². The number of carbonyl (C=O) groups is 1. The van der Waals surface area contributed by atoms with Crippen molar-refractivity contribution in [3.05, 3.63) is 88.7 Å². The highest BCUT2D eigenvalue weighted by molar-refractivity contribution is 5.99. The molecule has 0 fully saturated rings. The summed E-state index contributed by atoms with van der Waals surface area (Å²) in [6, 6.07) is 21.4. The van der Waals surface area contributed by atoms with Gasteiger partial charge in [0.05, 0.1) is 31.4 Å². The summed E-state index contributed by atoms with van der Waals surface area (Å²) in [7, 11) is 0. The number of rotatable bonds is 9. The normalized spacial score (nSPS) is 10.7. The number of hydrogen-bond donors (Lipinski definition) is 1. The van der Waals surface area contributed by atoms with Gasteiger partial charge in [0, 0.05) is 29.2 Å². The highest BCUT2D eigenvalue weighted by Crippen LogP contribution is 2.21. The van der Waals surface area contributed by atoms with Crippen molar-refractivity contribution in [1.29, 1.82) is 5.26 Å². The van der Waals surface area contributed by atoms with Crippen molar-refractivity contribution in [3.63, 3.8) is 0 Å². The maximum atomic E-state index is 12.7. The third-order valence-electron chi connectivity index (χ3n) is 4.81. The van der Waals surface area contributed by atoms with Gasteiger partial charge in [-0.15, -0.1) is 0 Å². The molecule has 0 amide bonds. The van der Waals surface area contributed by atoms with E-state index in [1.165, 1.54) is 0 Å². The fourth-order valence-corrected chi connectivity index (χ4v) is 3.33. The van der Waals surface area contributed by atoms with Crippen molar-refractivity contribution in [2.24, 2.45) is 0 Å². The number of nitrogens with one attached hydrogen (secondary N) is 1. The van der Waals surface area contributed by atoms with Crippen LogP contribution in [0, 0.1) is 25.2 Å². The van der Waals surface area contributed by atoms with Crippen LogP contribution in [-0.2, 0) is 11.3 Å². The van der Waals surface area contributed by atoms with E-state index < -0.39 is 0 Å². The molecule has 5 nitrogen and oxygen atoms in total. The second kappa shape index (κ2) is 9.83. The lowest BCUT2D eigenvalue weighted by atomic mass is 10.1. The van der Waals surface area contributed by atoms with E-state index in [2.05, 4.69) is 11.4 Å². The fourth-order valence-electron chi connectivity index (χ4n) is 3.33.